The summed E-state index contributed by atoms with van der Waals surface area (Å²) in [5, 5.41) is 29.8. The van der Waals surface area contributed by atoms with Crippen LogP contribution in [-0.2, 0) is 0 Å². The molecule has 0 saturated carbocycles. The maximum absolute atomic E-state index is 12.3. The third-order valence-corrected chi connectivity index (χ3v) is 3.16. The molecule has 1 fully saturated rings. The molecule has 0 spiro atoms. The number of rotatable bonds is 3. The second kappa shape index (κ2) is 5.41. The molecular formula is C11H14N4O5. The largest absolute Gasteiger partial charge is 0.388 e. The molecule has 0 aromatic heterocycles. The Hall–Kier alpha value is -2.23. The Morgan fingerprint density at radius 1 is 1.40 bits per heavy atom. The molecule has 1 amide bonds. The predicted octanol–water partition coefficient (Wildman–Crippen LogP) is -0.942. The van der Waals surface area contributed by atoms with Gasteiger partial charge in [-0.25, -0.2) is 0 Å². The molecule has 1 aromatic carbocycles. The third-order valence-electron chi connectivity index (χ3n) is 3.16. The molecule has 2 atom stereocenters. The van der Waals surface area contributed by atoms with Crippen molar-refractivity contribution in [1.29, 1.82) is 0 Å². The number of nitrogens with two attached hydrogens (primary N) is 1. The van der Waals surface area contributed by atoms with Crippen molar-refractivity contribution in [3.8, 4) is 0 Å². The van der Waals surface area contributed by atoms with E-state index in [1.54, 1.807) is 0 Å². The molecule has 1 aliphatic heterocycles. The van der Waals surface area contributed by atoms with E-state index < -0.39 is 23.0 Å². The minimum atomic E-state index is -1.02. The van der Waals surface area contributed by atoms with Gasteiger partial charge in [0.05, 0.1) is 22.7 Å². The monoisotopic (exact) mass is 282 g/mol. The second-order valence-electron chi connectivity index (χ2n) is 4.45. The summed E-state index contributed by atoms with van der Waals surface area (Å²) in [6, 6.07) is 3.98. The summed E-state index contributed by atoms with van der Waals surface area (Å²) in [7, 11) is 0. The van der Waals surface area contributed by atoms with E-state index in [4.69, 9.17) is 5.84 Å². The fourth-order valence-corrected chi connectivity index (χ4v) is 2.13. The lowest BCUT2D eigenvalue weighted by atomic mass is 10.1. The topological polar surface area (TPSA) is 142 Å². The van der Waals surface area contributed by atoms with Crippen LogP contribution in [0.15, 0.2) is 18.2 Å². The van der Waals surface area contributed by atoms with Gasteiger partial charge in [-0.1, -0.05) is 6.07 Å². The number of aliphatic hydroxyl groups is 2. The Morgan fingerprint density at radius 3 is 2.50 bits per heavy atom. The number of amides is 1. The Kier molecular flexibility index (Phi) is 3.84. The third kappa shape index (κ3) is 2.41. The van der Waals surface area contributed by atoms with E-state index in [-0.39, 0.29) is 30.0 Å². The van der Waals surface area contributed by atoms with Crippen LogP contribution in [0.2, 0.25) is 0 Å². The van der Waals surface area contributed by atoms with Crippen LogP contribution in [0.3, 0.4) is 0 Å². The average Bonchev–Trinajstić information content (AvgIpc) is 2.76. The van der Waals surface area contributed by atoms with Crippen molar-refractivity contribution in [2.75, 3.05) is 18.5 Å². The highest BCUT2D eigenvalue weighted by atomic mass is 16.6. The highest BCUT2D eigenvalue weighted by Gasteiger charge is 2.34. The first kappa shape index (κ1) is 14.2. The average molecular weight is 282 g/mol. The van der Waals surface area contributed by atoms with Gasteiger partial charge in [0, 0.05) is 19.2 Å². The van der Waals surface area contributed by atoms with E-state index >= 15 is 0 Å². The van der Waals surface area contributed by atoms with Crippen LogP contribution in [0, 0.1) is 10.1 Å². The zero-order valence-corrected chi connectivity index (χ0v) is 10.4. The fourth-order valence-electron chi connectivity index (χ4n) is 2.13. The number of hydrogen-bond donors (Lipinski definition) is 4. The molecule has 9 heteroatoms. The van der Waals surface area contributed by atoms with Gasteiger partial charge < -0.3 is 20.5 Å². The van der Waals surface area contributed by atoms with Crippen molar-refractivity contribution < 1.29 is 19.9 Å². The van der Waals surface area contributed by atoms with Crippen LogP contribution in [-0.4, -0.2) is 51.2 Å². The molecule has 0 aliphatic carbocycles. The minimum Gasteiger partial charge on any atom is -0.388 e. The standard InChI is InChI=1S/C11H14N4O5/c12-13-10-6(2-1-3-7(10)15(19)20)11(18)14-4-8(16)9(17)5-14/h1-3,8-9,13,16-17H,4-5,12H2. The van der Waals surface area contributed by atoms with Crippen LogP contribution >= 0.6 is 0 Å². The van der Waals surface area contributed by atoms with Gasteiger partial charge in [-0.15, -0.1) is 0 Å². The van der Waals surface area contributed by atoms with Crippen LogP contribution in [0.4, 0.5) is 11.4 Å². The first-order valence-corrected chi connectivity index (χ1v) is 5.85. The Labute approximate surface area is 113 Å². The van der Waals surface area contributed by atoms with Crippen molar-refractivity contribution in [3.05, 3.63) is 33.9 Å². The molecule has 1 aliphatic rings. The molecule has 1 saturated heterocycles. The Bertz CT molecular complexity index is 540. The number of nitrogens with zero attached hydrogens (tertiary/aromatic N) is 2. The molecule has 9 nitrogen and oxygen atoms in total. The number of aliphatic hydroxyl groups excluding tert-OH is 2. The lowest BCUT2D eigenvalue weighted by molar-refractivity contribution is -0.384. The molecular weight excluding hydrogens is 268 g/mol. The molecule has 2 unspecified atom stereocenters. The summed E-state index contributed by atoms with van der Waals surface area (Å²) in [4.78, 5) is 23.7. The molecule has 1 aromatic rings. The van der Waals surface area contributed by atoms with Crippen LogP contribution in [0.25, 0.3) is 0 Å². The molecule has 5 N–H and O–H groups in total. The van der Waals surface area contributed by atoms with Crippen LogP contribution in [0.1, 0.15) is 10.4 Å². The van der Waals surface area contributed by atoms with E-state index in [0.29, 0.717) is 0 Å². The lowest BCUT2D eigenvalue weighted by Gasteiger charge is -2.17. The number of hydrogen-bond acceptors (Lipinski definition) is 7. The highest BCUT2D eigenvalue weighted by Crippen LogP contribution is 2.29. The summed E-state index contributed by atoms with van der Waals surface area (Å²) in [6.07, 6.45) is -2.04. The maximum Gasteiger partial charge on any atom is 0.294 e. The molecule has 1 heterocycles. The van der Waals surface area contributed by atoms with Crippen molar-refractivity contribution in [2.24, 2.45) is 5.84 Å². The van der Waals surface area contributed by atoms with Crippen molar-refractivity contribution >= 4 is 17.3 Å². The van der Waals surface area contributed by atoms with Gasteiger partial charge in [0.15, 0.2) is 0 Å². The van der Waals surface area contributed by atoms with E-state index in [1.807, 2.05) is 0 Å². The number of benzene rings is 1. The van der Waals surface area contributed by atoms with Crippen LogP contribution < -0.4 is 11.3 Å². The normalized spacial score (nSPS) is 21.9. The number of para-hydroxylation sites is 1. The first-order valence-electron chi connectivity index (χ1n) is 5.85. The number of β-amino-alcohol motifs (C(OH)–C–C–N with tert-alkyl or cyclic N) is 2. The van der Waals surface area contributed by atoms with E-state index in [1.165, 1.54) is 23.1 Å². The number of nitrogen functional groups attached to an aromatic ring is 1. The predicted molar refractivity (Wildman–Crippen MR) is 68.8 cm³/mol. The minimum absolute atomic E-state index is 0.0167. The number of likely N-dealkylation sites (tertiary alicyclic amines) is 1. The van der Waals surface area contributed by atoms with Gasteiger partial charge in [-0.2, -0.15) is 0 Å². The van der Waals surface area contributed by atoms with Gasteiger partial charge in [-0.3, -0.25) is 20.8 Å². The number of hydrazine groups is 1. The van der Waals surface area contributed by atoms with Crippen molar-refractivity contribution in [1.82, 2.24) is 4.90 Å². The lowest BCUT2D eigenvalue weighted by Crippen LogP contribution is -2.31. The van der Waals surface area contributed by atoms with Gasteiger partial charge >= 0.3 is 0 Å². The summed E-state index contributed by atoms with van der Waals surface area (Å²) in [6.45, 7) is -0.0700. The number of anilines is 1. The van der Waals surface area contributed by atoms with Gasteiger partial charge in [0.25, 0.3) is 11.6 Å². The van der Waals surface area contributed by atoms with E-state index in [0.717, 1.165) is 0 Å². The SMILES string of the molecule is NNc1c(C(=O)N2CC(O)C(O)C2)cccc1[N+](=O)[O-]. The quantitative estimate of drug-likeness (QED) is 0.318. The number of nitro groups is 1. The summed E-state index contributed by atoms with van der Waals surface area (Å²) < 4.78 is 0. The summed E-state index contributed by atoms with van der Waals surface area (Å²) in [5.74, 6) is 4.71. The van der Waals surface area contributed by atoms with Crippen molar-refractivity contribution in [2.45, 2.75) is 12.2 Å². The smallest absolute Gasteiger partial charge is 0.294 e. The Balaban J connectivity index is 2.35. The molecule has 2 rings (SSSR count). The number of carbonyl (C=O) groups is 1. The first-order chi connectivity index (χ1) is 9.45. The van der Waals surface area contributed by atoms with Crippen molar-refractivity contribution in [3.63, 3.8) is 0 Å². The summed E-state index contributed by atoms with van der Waals surface area (Å²) >= 11 is 0. The van der Waals surface area contributed by atoms with Gasteiger partial charge in [0.1, 0.15) is 5.69 Å². The fraction of sp³-hybridized carbons (Fsp3) is 0.364. The molecule has 20 heavy (non-hydrogen) atoms. The zero-order valence-electron chi connectivity index (χ0n) is 10.4. The van der Waals surface area contributed by atoms with Gasteiger partial charge in [-0.05, 0) is 6.07 Å². The zero-order chi connectivity index (χ0) is 14.9. The van der Waals surface area contributed by atoms with Gasteiger partial charge in [0.2, 0.25) is 0 Å². The molecule has 0 radical (unpaired) electrons. The van der Waals surface area contributed by atoms with E-state index in [9.17, 15) is 25.1 Å². The highest BCUT2D eigenvalue weighted by molar-refractivity contribution is 6.01. The molecule has 108 valence electrons. The van der Waals surface area contributed by atoms with E-state index in [2.05, 4.69) is 5.43 Å². The second-order valence-corrected chi connectivity index (χ2v) is 4.45. The number of nitro benzene ring substituents is 1. The summed E-state index contributed by atoms with van der Waals surface area (Å²) in [5.41, 5.74) is 1.76. The number of nitrogens with one attached hydrogen (secondary N) is 1. The molecule has 0 bridgehead atoms. The van der Waals surface area contributed by atoms with Crippen LogP contribution in [0.5, 0.6) is 0 Å². The maximum atomic E-state index is 12.3. The number of carbonyl (C=O) groups excluding carboxylic acids is 1. The Morgan fingerprint density at radius 2 is 2.00 bits per heavy atom.